The van der Waals surface area contributed by atoms with E-state index in [2.05, 4.69) is 17.1 Å². The second-order valence-corrected chi connectivity index (χ2v) is 5.44. The molecule has 0 aromatic carbocycles. The lowest BCUT2D eigenvalue weighted by molar-refractivity contribution is 0.0680. The van der Waals surface area contributed by atoms with Crippen LogP contribution in [-0.4, -0.2) is 34.1 Å². The summed E-state index contributed by atoms with van der Waals surface area (Å²) in [6.07, 6.45) is 4.56. The number of nitrogen functional groups attached to an aromatic ring is 1. The van der Waals surface area contributed by atoms with E-state index in [0.29, 0.717) is 17.4 Å². The Kier molecular flexibility index (Phi) is 3.59. The molecular formula is C13H22N4O. The van der Waals surface area contributed by atoms with E-state index in [9.17, 15) is 4.79 Å². The molecule has 0 spiro atoms. The summed E-state index contributed by atoms with van der Waals surface area (Å²) in [6.45, 7) is 4.10. The van der Waals surface area contributed by atoms with Crippen LogP contribution < -0.4 is 5.73 Å². The average molecular weight is 250 g/mol. The molecular weight excluding hydrogens is 228 g/mol. The number of aryl methyl sites for hydroxylation is 1. The number of aromatic amines is 1. The van der Waals surface area contributed by atoms with E-state index in [1.165, 1.54) is 12.8 Å². The lowest BCUT2D eigenvalue weighted by Gasteiger charge is -2.33. The predicted octanol–water partition coefficient (Wildman–Crippen LogP) is 1.95. The van der Waals surface area contributed by atoms with E-state index in [-0.39, 0.29) is 5.91 Å². The number of hydrogen-bond donors (Lipinski definition) is 2. The summed E-state index contributed by atoms with van der Waals surface area (Å²) >= 11 is 0. The van der Waals surface area contributed by atoms with Crippen molar-refractivity contribution in [1.29, 1.82) is 0 Å². The Bertz CT molecular complexity index is 413. The molecule has 1 fully saturated rings. The molecule has 100 valence electrons. The molecule has 2 rings (SSSR count). The van der Waals surface area contributed by atoms with Crippen molar-refractivity contribution >= 4 is 11.7 Å². The first-order chi connectivity index (χ1) is 8.50. The zero-order chi connectivity index (χ0) is 13.3. The van der Waals surface area contributed by atoms with Crippen LogP contribution in [0.15, 0.2) is 0 Å². The molecule has 1 aliphatic carbocycles. The number of hydrogen-bond acceptors (Lipinski definition) is 3. The molecule has 0 aliphatic heterocycles. The maximum absolute atomic E-state index is 12.4. The fraction of sp³-hybridized carbons (Fsp3) is 0.692. The first kappa shape index (κ1) is 12.9. The van der Waals surface area contributed by atoms with E-state index < -0.39 is 0 Å². The van der Waals surface area contributed by atoms with Crippen LogP contribution in [0.1, 0.15) is 48.7 Å². The standard InChI is InChI=1S/C13H22N4O/c1-8-4-6-10(7-5-8)17(3)13(18)11-9(2)15-16-12(11)14/h8,10H,4-7H2,1-3H3,(H3,14,15,16). The van der Waals surface area contributed by atoms with Crippen molar-refractivity contribution < 1.29 is 4.79 Å². The minimum Gasteiger partial charge on any atom is -0.382 e. The number of nitrogens with one attached hydrogen (secondary N) is 1. The van der Waals surface area contributed by atoms with Crippen molar-refractivity contribution in [2.75, 3.05) is 12.8 Å². The van der Waals surface area contributed by atoms with Crippen molar-refractivity contribution in [3.05, 3.63) is 11.3 Å². The molecule has 0 atom stereocenters. The number of H-pyrrole nitrogens is 1. The van der Waals surface area contributed by atoms with Gasteiger partial charge in [-0.1, -0.05) is 6.92 Å². The maximum Gasteiger partial charge on any atom is 0.259 e. The largest absolute Gasteiger partial charge is 0.382 e. The Hall–Kier alpha value is -1.52. The number of nitrogens with zero attached hydrogens (tertiary/aromatic N) is 2. The molecule has 1 aromatic heterocycles. The summed E-state index contributed by atoms with van der Waals surface area (Å²) in [4.78, 5) is 14.2. The Labute approximate surface area is 108 Å². The van der Waals surface area contributed by atoms with Gasteiger partial charge in [0.1, 0.15) is 5.56 Å². The van der Waals surface area contributed by atoms with Crippen LogP contribution in [0.4, 0.5) is 5.82 Å². The lowest BCUT2D eigenvalue weighted by atomic mass is 9.86. The smallest absolute Gasteiger partial charge is 0.259 e. The van der Waals surface area contributed by atoms with Crippen molar-refractivity contribution in [3.8, 4) is 0 Å². The quantitative estimate of drug-likeness (QED) is 0.842. The van der Waals surface area contributed by atoms with E-state index in [1.807, 2.05) is 18.9 Å². The second-order valence-electron chi connectivity index (χ2n) is 5.44. The first-order valence-corrected chi connectivity index (χ1v) is 6.58. The van der Waals surface area contributed by atoms with Crippen LogP contribution in [0.5, 0.6) is 0 Å². The van der Waals surface area contributed by atoms with Crippen LogP contribution in [0.2, 0.25) is 0 Å². The van der Waals surface area contributed by atoms with Gasteiger partial charge in [0.05, 0.1) is 0 Å². The predicted molar refractivity (Wildman–Crippen MR) is 71.3 cm³/mol. The summed E-state index contributed by atoms with van der Waals surface area (Å²) in [7, 11) is 1.87. The summed E-state index contributed by atoms with van der Waals surface area (Å²) in [5.74, 6) is 1.07. The Morgan fingerprint density at radius 1 is 1.39 bits per heavy atom. The molecule has 1 aromatic rings. The zero-order valence-electron chi connectivity index (χ0n) is 11.4. The topological polar surface area (TPSA) is 75.0 Å². The number of carbonyl (C=O) groups excluding carboxylic acids is 1. The minimum absolute atomic E-state index is 0.0155. The molecule has 5 heteroatoms. The SMILES string of the molecule is Cc1[nH]nc(N)c1C(=O)N(C)C1CCC(C)CC1. The molecule has 0 radical (unpaired) electrons. The maximum atomic E-state index is 12.4. The summed E-state index contributed by atoms with van der Waals surface area (Å²) in [6, 6.07) is 0.336. The molecule has 1 aliphatic rings. The molecule has 18 heavy (non-hydrogen) atoms. The number of carbonyl (C=O) groups is 1. The van der Waals surface area contributed by atoms with Crippen LogP contribution in [0.3, 0.4) is 0 Å². The van der Waals surface area contributed by atoms with Gasteiger partial charge in [-0.15, -0.1) is 0 Å². The number of rotatable bonds is 2. The molecule has 3 N–H and O–H groups in total. The Balaban J connectivity index is 2.09. The van der Waals surface area contributed by atoms with Crippen LogP contribution in [0.25, 0.3) is 0 Å². The minimum atomic E-state index is -0.0155. The summed E-state index contributed by atoms with van der Waals surface area (Å²) < 4.78 is 0. The van der Waals surface area contributed by atoms with E-state index in [0.717, 1.165) is 24.5 Å². The van der Waals surface area contributed by atoms with Gasteiger partial charge in [0.15, 0.2) is 5.82 Å². The summed E-state index contributed by atoms with van der Waals surface area (Å²) in [5, 5.41) is 6.64. The third kappa shape index (κ3) is 2.35. The van der Waals surface area contributed by atoms with Gasteiger partial charge in [0.2, 0.25) is 0 Å². The highest BCUT2D eigenvalue weighted by Crippen LogP contribution is 2.28. The molecule has 1 amide bonds. The number of amides is 1. The van der Waals surface area contributed by atoms with Gasteiger partial charge in [-0.05, 0) is 38.5 Å². The third-order valence-electron chi connectivity index (χ3n) is 4.04. The lowest BCUT2D eigenvalue weighted by Crippen LogP contribution is -2.39. The first-order valence-electron chi connectivity index (χ1n) is 6.58. The number of nitrogens with two attached hydrogens (primary N) is 1. The van der Waals surface area contributed by atoms with Crippen molar-refractivity contribution in [2.24, 2.45) is 5.92 Å². The third-order valence-corrected chi connectivity index (χ3v) is 4.04. The van der Waals surface area contributed by atoms with Gasteiger partial charge in [-0.2, -0.15) is 5.10 Å². The monoisotopic (exact) mass is 250 g/mol. The Morgan fingerprint density at radius 3 is 2.50 bits per heavy atom. The number of anilines is 1. The van der Waals surface area contributed by atoms with Crippen molar-refractivity contribution in [1.82, 2.24) is 15.1 Å². The Morgan fingerprint density at radius 2 is 2.00 bits per heavy atom. The van der Waals surface area contributed by atoms with Gasteiger partial charge < -0.3 is 10.6 Å². The van der Waals surface area contributed by atoms with E-state index in [4.69, 9.17) is 5.73 Å². The highest BCUT2D eigenvalue weighted by Gasteiger charge is 2.28. The fourth-order valence-corrected chi connectivity index (χ4v) is 2.69. The van der Waals surface area contributed by atoms with Gasteiger partial charge in [0.25, 0.3) is 5.91 Å². The normalized spacial score (nSPS) is 23.9. The van der Waals surface area contributed by atoms with E-state index in [1.54, 1.807) is 0 Å². The summed E-state index contributed by atoms with van der Waals surface area (Å²) in [5.41, 5.74) is 7.01. The molecule has 1 heterocycles. The van der Waals surface area contributed by atoms with Crippen molar-refractivity contribution in [2.45, 2.75) is 45.6 Å². The number of aromatic nitrogens is 2. The van der Waals surface area contributed by atoms with Gasteiger partial charge in [-0.3, -0.25) is 9.89 Å². The van der Waals surface area contributed by atoms with Gasteiger partial charge >= 0.3 is 0 Å². The average Bonchev–Trinajstić information content (AvgIpc) is 2.68. The molecule has 0 saturated heterocycles. The molecule has 0 bridgehead atoms. The highest BCUT2D eigenvalue weighted by atomic mass is 16.2. The molecule has 0 unspecified atom stereocenters. The second kappa shape index (κ2) is 5.00. The molecule has 5 nitrogen and oxygen atoms in total. The van der Waals surface area contributed by atoms with Crippen LogP contribution in [-0.2, 0) is 0 Å². The van der Waals surface area contributed by atoms with Gasteiger partial charge in [-0.25, -0.2) is 0 Å². The zero-order valence-corrected chi connectivity index (χ0v) is 11.4. The fourth-order valence-electron chi connectivity index (χ4n) is 2.69. The van der Waals surface area contributed by atoms with Crippen LogP contribution >= 0.6 is 0 Å². The molecule has 1 saturated carbocycles. The van der Waals surface area contributed by atoms with Crippen LogP contribution in [0, 0.1) is 12.8 Å². The van der Waals surface area contributed by atoms with Gasteiger partial charge in [0, 0.05) is 18.8 Å². The van der Waals surface area contributed by atoms with E-state index >= 15 is 0 Å². The van der Waals surface area contributed by atoms with Crippen molar-refractivity contribution in [3.63, 3.8) is 0 Å². The highest BCUT2D eigenvalue weighted by molar-refractivity contribution is 5.99.